The third-order valence-electron chi connectivity index (χ3n) is 5.91. The Kier molecular flexibility index (Phi) is 11.2. The fourth-order valence-corrected chi connectivity index (χ4v) is 4.22. The average molecular weight is 395 g/mol. The van der Waals surface area contributed by atoms with Gasteiger partial charge in [0.05, 0.1) is 13.0 Å². The van der Waals surface area contributed by atoms with Crippen molar-refractivity contribution in [1.29, 1.82) is 0 Å². The molecular weight excluding hydrogens is 356 g/mol. The zero-order valence-corrected chi connectivity index (χ0v) is 18.3. The van der Waals surface area contributed by atoms with E-state index in [0.717, 1.165) is 43.1 Å². The molecule has 0 spiro atoms. The lowest BCUT2D eigenvalue weighted by Crippen LogP contribution is -2.14. The smallest absolute Gasteiger partial charge is 0.313 e. The Labute approximate surface area is 177 Å². The van der Waals surface area contributed by atoms with E-state index in [0.29, 0.717) is 0 Å². The van der Waals surface area contributed by atoms with Crippen LogP contribution in [0.2, 0.25) is 0 Å². The summed E-state index contributed by atoms with van der Waals surface area (Å²) in [5.74, 6) is 1.19. The maximum atomic E-state index is 12.2. The molecule has 1 aliphatic carbocycles. The first-order valence-corrected chi connectivity index (χ1v) is 11.4. The van der Waals surface area contributed by atoms with Crippen LogP contribution in [0.15, 0.2) is 66.8 Å². The molecule has 2 rings (SSSR count). The Morgan fingerprint density at radius 2 is 1.86 bits per heavy atom. The molecule has 3 atom stereocenters. The summed E-state index contributed by atoms with van der Waals surface area (Å²) < 4.78 is 5.01. The molecule has 0 heterocycles. The van der Waals surface area contributed by atoms with Gasteiger partial charge in [-0.05, 0) is 62.3 Å². The Morgan fingerprint density at radius 1 is 1.07 bits per heavy atom. The monoisotopic (exact) mass is 394 g/mol. The van der Waals surface area contributed by atoms with Crippen molar-refractivity contribution in [2.24, 2.45) is 11.8 Å². The van der Waals surface area contributed by atoms with E-state index in [1.807, 2.05) is 30.3 Å². The number of benzene rings is 1. The second-order valence-electron chi connectivity index (χ2n) is 8.05. The predicted octanol–water partition coefficient (Wildman–Crippen LogP) is 7.39. The Bertz CT molecular complexity index is 656. The molecule has 0 aliphatic heterocycles. The summed E-state index contributed by atoms with van der Waals surface area (Å²) >= 11 is 0. The van der Waals surface area contributed by atoms with Crippen molar-refractivity contribution in [1.82, 2.24) is 0 Å². The Morgan fingerprint density at radius 3 is 2.62 bits per heavy atom. The number of unbranched alkanes of at least 4 members (excludes halogenated alkanes) is 1. The third-order valence-corrected chi connectivity index (χ3v) is 5.91. The quantitative estimate of drug-likeness (QED) is 0.273. The summed E-state index contributed by atoms with van der Waals surface area (Å²) in [6.45, 7) is 2.22. The average Bonchev–Trinajstić information content (AvgIpc) is 3.20. The summed E-state index contributed by atoms with van der Waals surface area (Å²) in [5, 5.41) is 0. The van der Waals surface area contributed by atoms with Gasteiger partial charge in [-0.2, -0.15) is 0 Å². The number of hydrogen-bond acceptors (Lipinski definition) is 2. The van der Waals surface area contributed by atoms with Crippen molar-refractivity contribution in [2.45, 2.75) is 70.6 Å². The topological polar surface area (TPSA) is 26.3 Å². The zero-order chi connectivity index (χ0) is 20.7. The van der Waals surface area contributed by atoms with Gasteiger partial charge in [-0.15, -0.1) is 0 Å². The molecule has 1 unspecified atom stereocenters. The van der Waals surface area contributed by atoms with Crippen molar-refractivity contribution < 1.29 is 9.53 Å². The van der Waals surface area contributed by atoms with E-state index >= 15 is 0 Å². The van der Waals surface area contributed by atoms with E-state index in [-0.39, 0.29) is 11.9 Å². The maximum absolute atomic E-state index is 12.2. The van der Waals surface area contributed by atoms with Crippen LogP contribution in [0.5, 0.6) is 0 Å². The molecule has 1 aromatic rings. The van der Waals surface area contributed by atoms with E-state index in [2.05, 4.69) is 43.4 Å². The molecule has 2 nitrogen and oxygen atoms in total. The molecule has 0 radical (unpaired) electrons. The molecule has 1 fully saturated rings. The van der Waals surface area contributed by atoms with E-state index in [1.165, 1.54) is 39.2 Å². The van der Waals surface area contributed by atoms with Crippen LogP contribution in [-0.2, 0) is 9.53 Å². The molecule has 29 heavy (non-hydrogen) atoms. The number of carbonyl (C=O) groups excluding carboxylic acids is 1. The van der Waals surface area contributed by atoms with Crippen molar-refractivity contribution in [3.63, 3.8) is 0 Å². The van der Waals surface area contributed by atoms with Gasteiger partial charge in [-0.3, -0.25) is 4.79 Å². The molecule has 0 bridgehead atoms. The number of hydrogen-bond donors (Lipinski definition) is 0. The fraction of sp³-hybridized carbons (Fsp3) is 0.519. The van der Waals surface area contributed by atoms with Gasteiger partial charge in [-0.1, -0.05) is 86.6 Å². The van der Waals surface area contributed by atoms with Crippen molar-refractivity contribution in [3.05, 3.63) is 72.4 Å². The number of esters is 1. The van der Waals surface area contributed by atoms with E-state index in [4.69, 9.17) is 4.74 Å². The van der Waals surface area contributed by atoms with Gasteiger partial charge in [0.25, 0.3) is 0 Å². The SMILES string of the molecule is CCCC=CCC=C[C@H]1CCC[C@@H]1CC=CCCC(C(=O)OC)c1ccccc1. The van der Waals surface area contributed by atoms with Crippen molar-refractivity contribution in [3.8, 4) is 0 Å². The first-order chi connectivity index (χ1) is 14.3. The van der Waals surface area contributed by atoms with Gasteiger partial charge in [0.2, 0.25) is 0 Å². The van der Waals surface area contributed by atoms with E-state index in [1.54, 1.807) is 0 Å². The lowest BCUT2D eigenvalue weighted by molar-refractivity contribution is -0.142. The number of ether oxygens (including phenoxy) is 1. The highest BCUT2D eigenvalue weighted by molar-refractivity contribution is 5.78. The lowest BCUT2D eigenvalue weighted by Gasteiger charge is -2.15. The molecular formula is C27H38O2. The number of methoxy groups -OCH3 is 1. The van der Waals surface area contributed by atoms with Gasteiger partial charge in [0.1, 0.15) is 0 Å². The van der Waals surface area contributed by atoms with Gasteiger partial charge in [0, 0.05) is 0 Å². The highest BCUT2D eigenvalue weighted by Crippen LogP contribution is 2.35. The molecule has 1 saturated carbocycles. The summed E-state index contributed by atoms with van der Waals surface area (Å²) in [6, 6.07) is 9.96. The van der Waals surface area contributed by atoms with Gasteiger partial charge in [-0.25, -0.2) is 0 Å². The first-order valence-electron chi connectivity index (χ1n) is 11.4. The maximum Gasteiger partial charge on any atom is 0.313 e. The third kappa shape index (κ3) is 8.43. The standard InChI is InChI=1S/C27H38O2/c1-3-4-5-6-7-10-16-23-20-15-21-24(23)17-11-9-14-22-26(27(28)29-2)25-18-12-8-13-19-25/h5-6,8-13,16,18-19,23-24,26H,3-4,7,14-15,17,20-22H2,1-2H3/t23-,24-,26?/m0/s1. The van der Waals surface area contributed by atoms with Crippen LogP contribution < -0.4 is 0 Å². The molecule has 0 aromatic heterocycles. The second-order valence-corrected chi connectivity index (χ2v) is 8.05. The minimum Gasteiger partial charge on any atom is -0.469 e. The summed E-state index contributed by atoms with van der Waals surface area (Å²) in [5.41, 5.74) is 1.04. The summed E-state index contributed by atoms with van der Waals surface area (Å²) in [6.07, 6.45) is 24.3. The highest BCUT2D eigenvalue weighted by atomic mass is 16.5. The van der Waals surface area contributed by atoms with Crippen LogP contribution in [0, 0.1) is 11.8 Å². The Hall–Kier alpha value is -2.09. The minimum atomic E-state index is -0.172. The Balaban J connectivity index is 1.76. The predicted molar refractivity (Wildman–Crippen MR) is 123 cm³/mol. The van der Waals surface area contributed by atoms with Crippen molar-refractivity contribution >= 4 is 5.97 Å². The van der Waals surface area contributed by atoms with Gasteiger partial charge >= 0.3 is 5.97 Å². The van der Waals surface area contributed by atoms with Gasteiger partial charge < -0.3 is 4.74 Å². The molecule has 158 valence electrons. The minimum absolute atomic E-state index is 0.140. The van der Waals surface area contributed by atoms with Crippen molar-refractivity contribution in [2.75, 3.05) is 7.11 Å². The van der Waals surface area contributed by atoms with Crippen LogP contribution in [0.1, 0.15) is 76.2 Å². The lowest BCUT2D eigenvalue weighted by atomic mass is 9.91. The number of allylic oxidation sites excluding steroid dienone is 6. The highest BCUT2D eigenvalue weighted by Gasteiger charge is 2.24. The summed E-state index contributed by atoms with van der Waals surface area (Å²) in [7, 11) is 1.47. The normalized spacial score (nSPS) is 20.8. The van der Waals surface area contributed by atoms with Gasteiger partial charge in [0.15, 0.2) is 0 Å². The van der Waals surface area contributed by atoms with Crippen LogP contribution in [0.3, 0.4) is 0 Å². The molecule has 0 saturated heterocycles. The fourth-order valence-electron chi connectivity index (χ4n) is 4.22. The van der Waals surface area contributed by atoms with E-state index in [9.17, 15) is 4.79 Å². The van der Waals surface area contributed by atoms with Crippen LogP contribution in [0.4, 0.5) is 0 Å². The van der Waals surface area contributed by atoms with E-state index < -0.39 is 0 Å². The molecule has 1 aliphatic rings. The van der Waals surface area contributed by atoms with Crippen LogP contribution in [-0.4, -0.2) is 13.1 Å². The number of carbonyl (C=O) groups is 1. The van der Waals surface area contributed by atoms with Crippen LogP contribution >= 0.6 is 0 Å². The first kappa shape index (κ1) is 23.2. The zero-order valence-electron chi connectivity index (χ0n) is 18.3. The number of rotatable bonds is 12. The summed E-state index contributed by atoms with van der Waals surface area (Å²) in [4.78, 5) is 12.2. The molecule has 0 N–H and O–H groups in total. The molecule has 2 heteroatoms. The molecule has 0 amide bonds. The molecule has 1 aromatic carbocycles. The largest absolute Gasteiger partial charge is 0.469 e. The second kappa shape index (κ2) is 14.0. The van der Waals surface area contributed by atoms with Crippen LogP contribution in [0.25, 0.3) is 0 Å².